The number of aromatic nitrogens is 3. The standard InChI is InChI=1S/C21H27N5O6S/c1-5-13-24-19(28)25(14-6-2)21(30)26(20(24)29)15-18(27)22-16-9-11-17(12-10-16)33(31,32)23(7-3)8-4/h5-6,9-12H,1-2,7-8,13-15H2,3-4H3,(H,22,27). The first-order chi connectivity index (χ1) is 15.6. The average Bonchev–Trinajstić information content (AvgIpc) is 2.78. The summed E-state index contributed by atoms with van der Waals surface area (Å²) in [6.45, 7) is 10.2. The van der Waals surface area contributed by atoms with Gasteiger partial charge in [0.15, 0.2) is 0 Å². The van der Waals surface area contributed by atoms with Crippen LogP contribution < -0.4 is 22.4 Å². The predicted molar refractivity (Wildman–Crippen MR) is 125 cm³/mol. The highest BCUT2D eigenvalue weighted by atomic mass is 32.2. The Morgan fingerprint density at radius 1 is 0.909 bits per heavy atom. The van der Waals surface area contributed by atoms with E-state index in [1.54, 1.807) is 13.8 Å². The van der Waals surface area contributed by atoms with Gasteiger partial charge in [0.2, 0.25) is 15.9 Å². The van der Waals surface area contributed by atoms with Crippen LogP contribution in [0.4, 0.5) is 5.69 Å². The quantitative estimate of drug-likeness (QED) is 0.460. The fourth-order valence-corrected chi connectivity index (χ4v) is 4.61. The van der Waals surface area contributed by atoms with E-state index >= 15 is 0 Å². The van der Waals surface area contributed by atoms with Crippen molar-refractivity contribution in [1.29, 1.82) is 0 Å². The van der Waals surface area contributed by atoms with Crippen molar-refractivity contribution in [2.24, 2.45) is 0 Å². The third-order valence-corrected chi connectivity index (χ3v) is 6.86. The second-order valence-corrected chi connectivity index (χ2v) is 8.83. The Morgan fingerprint density at radius 2 is 1.36 bits per heavy atom. The number of rotatable bonds is 11. The molecular weight excluding hydrogens is 450 g/mol. The summed E-state index contributed by atoms with van der Waals surface area (Å²) < 4.78 is 28.7. The lowest BCUT2D eigenvalue weighted by Crippen LogP contribution is -2.55. The lowest BCUT2D eigenvalue weighted by atomic mass is 10.3. The van der Waals surface area contributed by atoms with Crippen molar-refractivity contribution in [2.75, 3.05) is 18.4 Å². The number of amides is 1. The minimum atomic E-state index is -3.65. The number of anilines is 1. The van der Waals surface area contributed by atoms with E-state index in [0.717, 1.165) is 9.13 Å². The van der Waals surface area contributed by atoms with Gasteiger partial charge in [0.1, 0.15) is 6.54 Å². The molecule has 0 fully saturated rings. The smallest absolute Gasteiger partial charge is 0.325 e. The van der Waals surface area contributed by atoms with Crippen LogP contribution >= 0.6 is 0 Å². The van der Waals surface area contributed by atoms with Crippen molar-refractivity contribution in [1.82, 2.24) is 18.0 Å². The molecule has 0 aliphatic carbocycles. The van der Waals surface area contributed by atoms with Crippen molar-refractivity contribution < 1.29 is 13.2 Å². The maximum atomic E-state index is 12.6. The monoisotopic (exact) mass is 477 g/mol. The van der Waals surface area contributed by atoms with E-state index in [2.05, 4.69) is 18.5 Å². The highest BCUT2D eigenvalue weighted by molar-refractivity contribution is 7.89. The Labute approximate surface area is 190 Å². The van der Waals surface area contributed by atoms with Gasteiger partial charge in [0.05, 0.1) is 18.0 Å². The van der Waals surface area contributed by atoms with Gasteiger partial charge >= 0.3 is 17.1 Å². The predicted octanol–water partition coefficient (Wildman–Crippen LogP) is 0.213. The maximum Gasteiger partial charge on any atom is 0.337 e. The van der Waals surface area contributed by atoms with E-state index in [-0.39, 0.29) is 23.7 Å². The summed E-state index contributed by atoms with van der Waals surface area (Å²) in [5.41, 5.74) is -2.44. The van der Waals surface area contributed by atoms with E-state index in [4.69, 9.17) is 0 Å². The van der Waals surface area contributed by atoms with Crippen molar-refractivity contribution in [3.8, 4) is 0 Å². The molecule has 2 rings (SSSR count). The largest absolute Gasteiger partial charge is 0.337 e. The summed E-state index contributed by atoms with van der Waals surface area (Å²) >= 11 is 0. The summed E-state index contributed by atoms with van der Waals surface area (Å²) in [6.07, 6.45) is 2.65. The second kappa shape index (κ2) is 10.9. The van der Waals surface area contributed by atoms with E-state index in [0.29, 0.717) is 17.7 Å². The molecule has 1 N–H and O–H groups in total. The first-order valence-corrected chi connectivity index (χ1v) is 11.6. The normalized spacial score (nSPS) is 11.4. The molecule has 1 heterocycles. The summed E-state index contributed by atoms with van der Waals surface area (Å²) in [6, 6.07) is 5.53. The fraction of sp³-hybridized carbons (Fsp3) is 0.333. The van der Waals surface area contributed by atoms with E-state index < -0.39 is 39.5 Å². The molecule has 0 atom stereocenters. The molecular formula is C21H27N5O6S. The Kier molecular flexibility index (Phi) is 8.49. The molecule has 0 radical (unpaired) electrons. The molecule has 0 aliphatic rings. The van der Waals surface area contributed by atoms with Crippen LogP contribution in [0.15, 0.2) is 68.9 Å². The van der Waals surface area contributed by atoms with Crippen LogP contribution in [-0.4, -0.2) is 45.4 Å². The molecule has 0 spiro atoms. The fourth-order valence-electron chi connectivity index (χ4n) is 3.16. The summed E-state index contributed by atoms with van der Waals surface area (Å²) in [5, 5.41) is 2.52. The molecule has 178 valence electrons. The lowest BCUT2D eigenvalue weighted by Gasteiger charge is -2.18. The number of carbonyl (C=O) groups excluding carboxylic acids is 1. The zero-order valence-corrected chi connectivity index (χ0v) is 19.4. The average molecular weight is 478 g/mol. The molecule has 0 saturated carbocycles. The number of nitrogens with one attached hydrogen (secondary N) is 1. The molecule has 33 heavy (non-hydrogen) atoms. The number of sulfonamides is 1. The van der Waals surface area contributed by atoms with E-state index in [9.17, 15) is 27.6 Å². The van der Waals surface area contributed by atoms with Gasteiger partial charge in [0, 0.05) is 18.8 Å². The molecule has 11 nitrogen and oxygen atoms in total. The first-order valence-electron chi connectivity index (χ1n) is 10.2. The molecule has 1 aromatic carbocycles. The Bertz CT molecular complexity index is 1270. The zero-order chi connectivity index (χ0) is 24.8. The van der Waals surface area contributed by atoms with Crippen molar-refractivity contribution >= 4 is 21.6 Å². The lowest BCUT2D eigenvalue weighted by molar-refractivity contribution is -0.116. The van der Waals surface area contributed by atoms with Crippen LogP contribution in [0.2, 0.25) is 0 Å². The Balaban J connectivity index is 2.32. The first kappa shape index (κ1) is 25.7. The van der Waals surface area contributed by atoms with E-state index in [1.165, 1.54) is 40.7 Å². The molecule has 1 aromatic heterocycles. The minimum absolute atomic E-state index is 0.0734. The number of hydrogen-bond donors (Lipinski definition) is 1. The molecule has 0 bridgehead atoms. The van der Waals surface area contributed by atoms with Crippen LogP contribution in [0.25, 0.3) is 0 Å². The third kappa shape index (κ3) is 5.46. The van der Waals surface area contributed by atoms with Gasteiger partial charge in [-0.05, 0) is 24.3 Å². The van der Waals surface area contributed by atoms with Gasteiger partial charge in [-0.2, -0.15) is 4.31 Å². The molecule has 1 amide bonds. The number of carbonyl (C=O) groups is 1. The van der Waals surface area contributed by atoms with Gasteiger partial charge in [0.25, 0.3) is 0 Å². The van der Waals surface area contributed by atoms with E-state index in [1.807, 2.05) is 0 Å². The number of allylic oxidation sites excluding steroid dienone is 2. The van der Waals surface area contributed by atoms with Crippen LogP contribution in [0.3, 0.4) is 0 Å². The molecule has 0 aliphatic heterocycles. The molecule has 2 aromatic rings. The molecule has 0 unspecified atom stereocenters. The number of hydrogen-bond acceptors (Lipinski definition) is 6. The van der Waals surface area contributed by atoms with Gasteiger partial charge in [-0.15, -0.1) is 13.2 Å². The van der Waals surface area contributed by atoms with Crippen molar-refractivity contribution in [2.45, 2.75) is 38.4 Å². The van der Waals surface area contributed by atoms with Gasteiger partial charge in [-0.25, -0.2) is 36.5 Å². The van der Waals surface area contributed by atoms with Crippen LogP contribution in [-0.2, 0) is 34.5 Å². The Morgan fingerprint density at radius 3 is 1.79 bits per heavy atom. The minimum Gasteiger partial charge on any atom is -0.325 e. The van der Waals surface area contributed by atoms with Gasteiger partial charge in [-0.1, -0.05) is 26.0 Å². The van der Waals surface area contributed by atoms with Crippen LogP contribution in [0.5, 0.6) is 0 Å². The SMILES string of the molecule is C=CCn1c(=O)n(CC=C)c(=O)n(CC(=O)Nc2ccc(S(=O)(=O)N(CC)CC)cc2)c1=O. The second-order valence-electron chi connectivity index (χ2n) is 6.89. The number of nitrogens with zero attached hydrogens (tertiary/aromatic N) is 4. The topological polar surface area (TPSA) is 132 Å². The Hall–Kier alpha value is -3.51. The van der Waals surface area contributed by atoms with Crippen LogP contribution in [0, 0.1) is 0 Å². The van der Waals surface area contributed by atoms with Gasteiger partial charge in [-0.3, -0.25) is 4.79 Å². The molecule has 12 heteroatoms. The highest BCUT2D eigenvalue weighted by Gasteiger charge is 2.21. The highest BCUT2D eigenvalue weighted by Crippen LogP contribution is 2.18. The van der Waals surface area contributed by atoms with Crippen molar-refractivity contribution in [3.05, 3.63) is 81.0 Å². The van der Waals surface area contributed by atoms with Gasteiger partial charge < -0.3 is 5.32 Å². The zero-order valence-electron chi connectivity index (χ0n) is 18.6. The number of benzene rings is 1. The maximum absolute atomic E-state index is 12.6. The summed E-state index contributed by atoms with van der Waals surface area (Å²) in [4.78, 5) is 50.2. The summed E-state index contributed by atoms with van der Waals surface area (Å²) in [7, 11) is -3.65. The third-order valence-electron chi connectivity index (χ3n) is 4.79. The van der Waals surface area contributed by atoms with Crippen molar-refractivity contribution in [3.63, 3.8) is 0 Å². The summed E-state index contributed by atoms with van der Waals surface area (Å²) in [5.74, 6) is -0.706. The molecule has 0 saturated heterocycles. The van der Waals surface area contributed by atoms with Crippen LogP contribution in [0.1, 0.15) is 13.8 Å².